The smallest absolute Gasteiger partial charge is 0.261 e. The van der Waals surface area contributed by atoms with Gasteiger partial charge < -0.3 is 4.90 Å². The standard InChI is InChI=1S/C21H17BrF2N2O3S/c1-26(13-15-5-8-17(23)12-20(15)24)21(27)14-3-2-4-18(11-14)25-30(28,29)19-9-6-16(22)7-10-19/h2-12,25H,13H2,1H3. The maximum Gasteiger partial charge on any atom is 0.261 e. The third-order valence-electron chi connectivity index (χ3n) is 4.26. The summed E-state index contributed by atoms with van der Waals surface area (Å²) in [5.41, 5.74) is 0.598. The number of nitrogens with zero attached hydrogens (tertiary/aromatic N) is 1. The molecular formula is C21H17BrF2N2O3S. The zero-order valence-electron chi connectivity index (χ0n) is 15.8. The lowest BCUT2D eigenvalue weighted by molar-refractivity contribution is 0.0784. The number of amides is 1. The number of halogens is 3. The zero-order chi connectivity index (χ0) is 21.9. The number of hydrogen-bond acceptors (Lipinski definition) is 3. The van der Waals surface area contributed by atoms with Gasteiger partial charge in [0.05, 0.1) is 4.90 Å². The van der Waals surface area contributed by atoms with E-state index in [2.05, 4.69) is 20.7 Å². The van der Waals surface area contributed by atoms with Gasteiger partial charge in [-0.05, 0) is 48.5 Å². The Labute approximate surface area is 181 Å². The third kappa shape index (κ3) is 5.22. The maximum absolute atomic E-state index is 13.9. The van der Waals surface area contributed by atoms with Crippen LogP contribution in [-0.4, -0.2) is 26.3 Å². The summed E-state index contributed by atoms with van der Waals surface area (Å²) in [7, 11) is -2.36. The van der Waals surface area contributed by atoms with Crippen LogP contribution >= 0.6 is 15.9 Å². The molecule has 5 nitrogen and oxygen atoms in total. The number of rotatable bonds is 6. The van der Waals surface area contributed by atoms with Crippen LogP contribution in [0.5, 0.6) is 0 Å². The fourth-order valence-corrected chi connectivity index (χ4v) is 4.05. The zero-order valence-corrected chi connectivity index (χ0v) is 18.2. The van der Waals surface area contributed by atoms with E-state index in [1.165, 1.54) is 48.3 Å². The second-order valence-corrected chi connectivity index (χ2v) is 9.14. The number of carbonyl (C=O) groups excluding carboxylic acids is 1. The van der Waals surface area contributed by atoms with Gasteiger partial charge in [-0.2, -0.15) is 0 Å². The molecule has 0 unspecified atom stereocenters. The van der Waals surface area contributed by atoms with Crippen molar-refractivity contribution >= 4 is 37.5 Å². The summed E-state index contributed by atoms with van der Waals surface area (Å²) < 4.78 is 55.2. The van der Waals surface area contributed by atoms with Crippen LogP contribution in [0.1, 0.15) is 15.9 Å². The summed E-state index contributed by atoms with van der Waals surface area (Å²) >= 11 is 3.25. The molecule has 1 N–H and O–H groups in total. The lowest BCUT2D eigenvalue weighted by atomic mass is 10.1. The van der Waals surface area contributed by atoms with Crippen molar-refractivity contribution in [3.05, 3.63) is 94.0 Å². The molecule has 0 radical (unpaired) electrons. The Morgan fingerprint density at radius 2 is 1.73 bits per heavy atom. The summed E-state index contributed by atoms with van der Waals surface area (Å²) in [6.07, 6.45) is 0. The van der Waals surface area contributed by atoms with E-state index in [1.54, 1.807) is 18.2 Å². The second-order valence-electron chi connectivity index (χ2n) is 6.54. The van der Waals surface area contributed by atoms with Gasteiger partial charge in [-0.3, -0.25) is 9.52 Å². The van der Waals surface area contributed by atoms with Crippen LogP contribution < -0.4 is 4.72 Å². The van der Waals surface area contributed by atoms with Gasteiger partial charge >= 0.3 is 0 Å². The fraction of sp³-hybridized carbons (Fsp3) is 0.0952. The first-order valence-electron chi connectivity index (χ1n) is 8.73. The predicted octanol–water partition coefficient (Wildman–Crippen LogP) is 4.80. The summed E-state index contributed by atoms with van der Waals surface area (Å²) in [5, 5.41) is 0. The van der Waals surface area contributed by atoms with Gasteiger partial charge in [0.25, 0.3) is 15.9 Å². The number of anilines is 1. The second kappa shape index (κ2) is 8.93. The summed E-state index contributed by atoms with van der Waals surface area (Å²) in [6.45, 7) is -0.0696. The topological polar surface area (TPSA) is 66.5 Å². The highest BCUT2D eigenvalue weighted by molar-refractivity contribution is 9.10. The SMILES string of the molecule is CN(Cc1ccc(F)cc1F)C(=O)c1cccc(NS(=O)(=O)c2ccc(Br)cc2)c1. The van der Waals surface area contributed by atoms with Crippen molar-refractivity contribution in [1.29, 1.82) is 0 Å². The Kier molecular flexibility index (Phi) is 6.52. The molecule has 0 aliphatic heterocycles. The van der Waals surface area contributed by atoms with Crippen LogP contribution in [-0.2, 0) is 16.6 Å². The molecule has 0 atom stereocenters. The number of nitrogens with one attached hydrogen (secondary N) is 1. The number of carbonyl (C=O) groups is 1. The molecule has 156 valence electrons. The van der Waals surface area contributed by atoms with E-state index in [9.17, 15) is 22.0 Å². The summed E-state index contributed by atoms with van der Waals surface area (Å²) in [5.74, 6) is -1.88. The first kappa shape index (κ1) is 21.9. The average Bonchev–Trinajstić information content (AvgIpc) is 2.69. The van der Waals surface area contributed by atoms with E-state index in [1.807, 2.05) is 0 Å². The Hall–Kier alpha value is -2.78. The van der Waals surface area contributed by atoms with Crippen molar-refractivity contribution in [2.45, 2.75) is 11.4 Å². The van der Waals surface area contributed by atoms with E-state index in [0.717, 1.165) is 16.6 Å². The number of sulfonamides is 1. The number of benzene rings is 3. The fourth-order valence-electron chi connectivity index (χ4n) is 2.74. The van der Waals surface area contributed by atoms with Crippen molar-refractivity contribution in [3.63, 3.8) is 0 Å². The van der Waals surface area contributed by atoms with Crippen LogP contribution in [0.3, 0.4) is 0 Å². The lowest BCUT2D eigenvalue weighted by Crippen LogP contribution is -2.26. The van der Waals surface area contributed by atoms with Gasteiger partial charge in [-0.25, -0.2) is 17.2 Å². The monoisotopic (exact) mass is 494 g/mol. The normalized spacial score (nSPS) is 11.2. The molecule has 0 aliphatic carbocycles. The van der Waals surface area contributed by atoms with E-state index in [-0.39, 0.29) is 28.3 Å². The van der Waals surface area contributed by atoms with E-state index < -0.39 is 27.6 Å². The van der Waals surface area contributed by atoms with Crippen molar-refractivity contribution < 1.29 is 22.0 Å². The Bertz CT molecular complexity index is 1190. The van der Waals surface area contributed by atoms with Crippen molar-refractivity contribution in [1.82, 2.24) is 4.90 Å². The third-order valence-corrected chi connectivity index (χ3v) is 6.18. The van der Waals surface area contributed by atoms with E-state index in [0.29, 0.717) is 0 Å². The van der Waals surface area contributed by atoms with Crippen LogP contribution in [0.25, 0.3) is 0 Å². The number of hydrogen-bond donors (Lipinski definition) is 1. The minimum absolute atomic E-state index is 0.0696. The largest absolute Gasteiger partial charge is 0.337 e. The minimum Gasteiger partial charge on any atom is -0.337 e. The summed E-state index contributed by atoms with van der Waals surface area (Å²) in [6, 6.07) is 15.3. The molecule has 9 heteroatoms. The minimum atomic E-state index is -3.83. The molecule has 0 bridgehead atoms. The van der Waals surface area contributed by atoms with Crippen molar-refractivity contribution in [2.75, 3.05) is 11.8 Å². The molecule has 30 heavy (non-hydrogen) atoms. The molecule has 0 fully saturated rings. The van der Waals surface area contributed by atoms with Crippen molar-refractivity contribution in [3.8, 4) is 0 Å². The van der Waals surface area contributed by atoms with Gasteiger partial charge in [-0.1, -0.05) is 28.1 Å². The van der Waals surface area contributed by atoms with Gasteiger partial charge in [0.15, 0.2) is 0 Å². The molecule has 3 rings (SSSR count). The van der Waals surface area contributed by atoms with Gasteiger partial charge in [0, 0.05) is 40.9 Å². The van der Waals surface area contributed by atoms with Crippen LogP contribution in [0.4, 0.5) is 14.5 Å². The van der Waals surface area contributed by atoms with E-state index in [4.69, 9.17) is 0 Å². The summed E-state index contributed by atoms with van der Waals surface area (Å²) in [4.78, 5) is 14.0. The maximum atomic E-state index is 13.9. The quantitative estimate of drug-likeness (QED) is 0.535. The Balaban J connectivity index is 1.77. The molecule has 0 aromatic heterocycles. The first-order valence-corrected chi connectivity index (χ1v) is 11.0. The first-order chi connectivity index (χ1) is 14.2. The van der Waals surface area contributed by atoms with Gasteiger partial charge in [0.2, 0.25) is 0 Å². The molecular weight excluding hydrogens is 478 g/mol. The highest BCUT2D eigenvalue weighted by atomic mass is 79.9. The van der Waals surface area contributed by atoms with E-state index >= 15 is 0 Å². The van der Waals surface area contributed by atoms with Gasteiger partial charge in [-0.15, -0.1) is 0 Å². The molecule has 0 heterocycles. The molecule has 0 aliphatic rings. The van der Waals surface area contributed by atoms with Crippen LogP contribution in [0, 0.1) is 11.6 Å². The van der Waals surface area contributed by atoms with Crippen molar-refractivity contribution in [2.24, 2.45) is 0 Å². The molecule has 3 aromatic carbocycles. The Morgan fingerprint density at radius 1 is 1.03 bits per heavy atom. The highest BCUT2D eigenvalue weighted by Gasteiger charge is 2.17. The van der Waals surface area contributed by atoms with Crippen LogP contribution in [0.2, 0.25) is 0 Å². The van der Waals surface area contributed by atoms with Gasteiger partial charge in [0.1, 0.15) is 11.6 Å². The van der Waals surface area contributed by atoms with Crippen LogP contribution in [0.15, 0.2) is 76.1 Å². The average molecular weight is 495 g/mol. The molecule has 0 spiro atoms. The molecule has 0 saturated carbocycles. The molecule has 3 aromatic rings. The molecule has 1 amide bonds. The lowest BCUT2D eigenvalue weighted by Gasteiger charge is -2.18. The highest BCUT2D eigenvalue weighted by Crippen LogP contribution is 2.20. The molecule has 0 saturated heterocycles. The predicted molar refractivity (Wildman–Crippen MR) is 114 cm³/mol. The Morgan fingerprint density at radius 3 is 2.40 bits per heavy atom.